The highest BCUT2D eigenvalue weighted by atomic mass is 32.2. The Morgan fingerprint density at radius 2 is 1.88 bits per heavy atom. The van der Waals surface area contributed by atoms with Crippen molar-refractivity contribution in [2.45, 2.75) is 19.8 Å². The van der Waals surface area contributed by atoms with Crippen LogP contribution in [-0.2, 0) is 14.3 Å². The third-order valence-electron chi connectivity index (χ3n) is 1.53. The molecule has 0 aliphatic carbocycles. The number of amides is 2. The molecule has 7 heteroatoms. The topological polar surface area (TPSA) is 84.5 Å². The zero-order valence-corrected chi connectivity index (χ0v) is 10.2. The fraction of sp³-hybridized carbons (Fsp3) is 0.667. The smallest absolute Gasteiger partial charge is 0.426 e. The Hall–Kier alpha value is -1.24. The molecule has 0 saturated carbocycles. The van der Waals surface area contributed by atoms with Crippen LogP contribution < -0.4 is 10.9 Å². The van der Waals surface area contributed by atoms with Gasteiger partial charge in [0.15, 0.2) is 0 Å². The van der Waals surface area contributed by atoms with Gasteiger partial charge in [-0.1, -0.05) is 0 Å². The van der Waals surface area contributed by atoms with Gasteiger partial charge in [0.2, 0.25) is 5.91 Å². The van der Waals surface area contributed by atoms with Crippen LogP contribution in [0.2, 0.25) is 0 Å². The molecule has 0 rings (SSSR count). The lowest BCUT2D eigenvalue weighted by atomic mass is 10.2. The molecule has 0 aromatic rings. The molecule has 0 unspecified atom stereocenters. The van der Waals surface area contributed by atoms with Gasteiger partial charge in [-0.15, -0.1) is 0 Å². The molecule has 0 aliphatic rings. The molecule has 0 bridgehead atoms. The average Bonchev–Trinajstić information content (AvgIpc) is 2.24. The molecule has 0 aliphatic heterocycles. The number of Topliss-reactive ketones (excluding diaryl/α,β-unsaturated/α-hetero) is 1. The van der Waals surface area contributed by atoms with Crippen LogP contribution in [0, 0.1) is 0 Å². The van der Waals surface area contributed by atoms with Crippen LogP contribution in [-0.4, -0.2) is 36.4 Å². The Morgan fingerprint density at radius 3 is 2.44 bits per heavy atom. The van der Waals surface area contributed by atoms with E-state index in [1.54, 1.807) is 11.8 Å². The molecule has 92 valence electrons. The standard InChI is InChI=1S/C9H16N2O4S/c1-7(12)3-4-8(13)10-11-9(14)15-5-6-16-2/h3-6H2,1-2H3,(H,10,13)(H,11,14). The number of hydrazine groups is 1. The van der Waals surface area contributed by atoms with E-state index in [4.69, 9.17) is 4.74 Å². The Labute approximate surface area is 98.4 Å². The molecular weight excluding hydrogens is 232 g/mol. The van der Waals surface area contributed by atoms with Crippen molar-refractivity contribution < 1.29 is 19.1 Å². The maximum Gasteiger partial charge on any atom is 0.426 e. The molecule has 2 N–H and O–H groups in total. The van der Waals surface area contributed by atoms with Gasteiger partial charge < -0.3 is 9.53 Å². The minimum Gasteiger partial charge on any atom is -0.447 e. The largest absolute Gasteiger partial charge is 0.447 e. The van der Waals surface area contributed by atoms with Crippen LogP contribution in [0.1, 0.15) is 19.8 Å². The Kier molecular flexibility index (Phi) is 8.32. The summed E-state index contributed by atoms with van der Waals surface area (Å²) in [6.07, 6.45) is 1.41. The number of ketones is 1. The molecule has 0 saturated heterocycles. The number of carbonyl (C=O) groups is 3. The minimum atomic E-state index is -0.703. The third-order valence-corrected chi connectivity index (χ3v) is 2.10. The van der Waals surface area contributed by atoms with Gasteiger partial charge in [0.05, 0.1) is 0 Å². The quantitative estimate of drug-likeness (QED) is 0.527. The van der Waals surface area contributed by atoms with Crippen LogP contribution in [0.5, 0.6) is 0 Å². The lowest BCUT2D eigenvalue weighted by Gasteiger charge is -2.07. The Morgan fingerprint density at radius 1 is 1.19 bits per heavy atom. The molecule has 0 aromatic carbocycles. The first-order valence-corrected chi connectivity index (χ1v) is 6.15. The van der Waals surface area contributed by atoms with Gasteiger partial charge in [0.1, 0.15) is 12.4 Å². The first-order valence-electron chi connectivity index (χ1n) is 4.76. The summed E-state index contributed by atoms with van der Waals surface area (Å²) in [5, 5.41) is 0. The van der Waals surface area contributed by atoms with E-state index in [1.165, 1.54) is 6.92 Å². The Balaban J connectivity index is 3.51. The maximum absolute atomic E-state index is 11.0. The molecule has 2 amide bonds. The van der Waals surface area contributed by atoms with E-state index < -0.39 is 12.0 Å². The summed E-state index contributed by atoms with van der Waals surface area (Å²) in [4.78, 5) is 32.5. The van der Waals surface area contributed by atoms with E-state index in [1.807, 2.05) is 6.26 Å². The summed E-state index contributed by atoms with van der Waals surface area (Å²) < 4.78 is 4.71. The van der Waals surface area contributed by atoms with E-state index in [-0.39, 0.29) is 25.2 Å². The van der Waals surface area contributed by atoms with Crippen LogP contribution in [0.25, 0.3) is 0 Å². The van der Waals surface area contributed by atoms with E-state index in [9.17, 15) is 14.4 Å². The summed E-state index contributed by atoms with van der Waals surface area (Å²) in [6.45, 7) is 1.69. The number of thioether (sulfide) groups is 1. The minimum absolute atomic E-state index is 0.0560. The van der Waals surface area contributed by atoms with Crippen molar-refractivity contribution in [3.63, 3.8) is 0 Å². The predicted octanol–water partition coefficient (Wildman–Crippen LogP) is 0.476. The number of hydrogen-bond donors (Lipinski definition) is 2. The summed E-state index contributed by atoms with van der Waals surface area (Å²) in [5.41, 5.74) is 4.23. The molecule has 6 nitrogen and oxygen atoms in total. The molecule has 0 radical (unpaired) electrons. The molecule has 0 aromatic heterocycles. The predicted molar refractivity (Wildman–Crippen MR) is 60.9 cm³/mol. The first-order chi connectivity index (χ1) is 7.56. The summed E-state index contributed by atoms with van der Waals surface area (Å²) >= 11 is 1.55. The normalized spacial score (nSPS) is 9.38. The van der Waals surface area contributed by atoms with Crippen molar-refractivity contribution in [1.82, 2.24) is 10.9 Å². The van der Waals surface area contributed by atoms with Crippen LogP contribution in [0.3, 0.4) is 0 Å². The number of carbonyl (C=O) groups excluding carboxylic acids is 3. The van der Waals surface area contributed by atoms with Crippen LogP contribution in [0.15, 0.2) is 0 Å². The maximum atomic E-state index is 11.0. The highest BCUT2D eigenvalue weighted by Gasteiger charge is 2.05. The van der Waals surface area contributed by atoms with Gasteiger partial charge >= 0.3 is 6.09 Å². The van der Waals surface area contributed by atoms with Crippen molar-refractivity contribution in [2.75, 3.05) is 18.6 Å². The van der Waals surface area contributed by atoms with Gasteiger partial charge in [0.25, 0.3) is 0 Å². The van der Waals surface area contributed by atoms with E-state index >= 15 is 0 Å². The van der Waals surface area contributed by atoms with Gasteiger partial charge in [-0.05, 0) is 13.2 Å². The zero-order chi connectivity index (χ0) is 12.4. The SMILES string of the molecule is CSCCOC(=O)NNC(=O)CCC(C)=O. The highest BCUT2D eigenvalue weighted by molar-refractivity contribution is 7.98. The molecule has 0 heterocycles. The lowest BCUT2D eigenvalue weighted by Crippen LogP contribution is -2.42. The molecular formula is C9H16N2O4S. The second-order valence-electron chi connectivity index (χ2n) is 3.00. The average molecular weight is 248 g/mol. The van der Waals surface area contributed by atoms with Crippen molar-refractivity contribution >= 4 is 29.5 Å². The van der Waals surface area contributed by atoms with Crippen molar-refractivity contribution in [1.29, 1.82) is 0 Å². The second-order valence-corrected chi connectivity index (χ2v) is 3.99. The number of nitrogens with one attached hydrogen (secondary N) is 2. The zero-order valence-electron chi connectivity index (χ0n) is 9.37. The Bertz CT molecular complexity index is 258. The van der Waals surface area contributed by atoms with Crippen molar-refractivity contribution in [2.24, 2.45) is 0 Å². The highest BCUT2D eigenvalue weighted by Crippen LogP contribution is 1.91. The van der Waals surface area contributed by atoms with E-state index in [2.05, 4.69) is 10.9 Å². The number of ether oxygens (including phenoxy) is 1. The summed E-state index contributed by atoms with van der Waals surface area (Å²) in [7, 11) is 0. The van der Waals surface area contributed by atoms with Gasteiger partial charge in [0, 0.05) is 18.6 Å². The van der Waals surface area contributed by atoms with E-state index in [0.29, 0.717) is 5.75 Å². The monoisotopic (exact) mass is 248 g/mol. The lowest BCUT2D eigenvalue weighted by molar-refractivity contribution is -0.125. The summed E-state index contributed by atoms with van der Waals surface area (Å²) in [6, 6.07) is 0. The number of rotatable bonds is 6. The number of hydrogen-bond acceptors (Lipinski definition) is 5. The fourth-order valence-electron chi connectivity index (χ4n) is 0.727. The molecule has 0 atom stereocenters. The van der Waals surface area contributed by atoms with Gasteiger partial charge in [-0.3, -0.25) is 10.2 Å². The summed E-state index contributed by atoms with van der Waals surface area (Å²) in [5.74, 6) is 0.209. The first kappa shape index (κ1) is 14.8. The van der Waals surface area contributed by atoms with Crippen LogP contribution >= 0.6 is 11.8 Å². The van der Waals surface area contributed by atoms with Crippen molar-refractivity contribution in [3.05, 3.63) is 0 Å². The van der Waals surface area contributed by atoms with Gasteiger partial charge in [-0.25, -0.2) is 10.2 Å². The molecule has 16 heavy (non-hydrogen) atoms. The van der Waals surface area contributed by atoms with E-state index in [0.717, 1.165) is 0 Å². The molecule has 0 fully saturated rings. The third kappa shape index (κ3) is 9.32. The fourth-order valence-corrected chi connectivity index (χ4v) is 0.977. The second kappa shape index (κ2) is 9.02. The van der Waals surface area contributed by atoms with Crippen molar-refractivity contribution in [3.8, 4) is 0 Å². The molecule has 0 spiro atoms. The van der Waals surface area contributed by atoms with Gasteiger partial charge in [-0.2, -0.15) is 11.8 Å². The van der Waals surface area contributed by atoms with Crippen LogP contribution in [0.4, 0.5) is 4.79 Å².